The van der Waals surface area contributed by atoms with Crippen LogP contribution in [-0.4, -0.2) is 11.8 Å². The number of para-hydroxylation sites is 2. The van der Waals surface area contributed by atoms with Crippen LogP contribution in [0.2, 0.25) is 0 Å². The van der Waals surface area contributed by atoms with Gasteiger partial charge in [0.25, 0.3) is 11.8 Å². The lowest BCUT2D eigenvalue weighted by Crippen LogP contribution is -2.17. The zero-order chi connectivity index (χ0) is 16.9. The van der Waals surface area contributed by atoms with Gasteiger partial charge in [-0.05, 0) is 51.6 Å². The molecule has 3 aromatic rings. The molecule has 1 heterocycles. The van der Waals surface area contributed by atoms with E-state index in [0.29, 0.717) is 21.8 Å². The molecule has 0 unspecified atom stereocenters. The second kappa shape index (κ2) is 7.42. The van der Waals surface area contributed by atoms with Gasteiger partial charge in [-0.3, -0.25) is 9.59 Å². The van der Waals surface area contributed by atoms with Crippen LogP contribution in [0.5, 0.6) is 0 Å². The van der Waals surface area contributed by atoms with Crippen molar-refractivity contribution in [3.05, 3.63) is 81.0 Å². The summed E-state index contributed by atoms with van der Waals surface area (Å²) in [5.41, 5.74) is 1.54. The van der Waals surface area contributed by atoms with Crippen molar-refractivity contribution in [1.82, 2.24) is 0 Å². The van der Waals surface area contributed by atoms with E-state index in [2.05, 4.69) is 26.6 Å². The zero-order valence-corrected chi connectivity index (χ0v) is 14.9. The number of carbonyl (C=O) groups excluding carboxylic acids is 2. The van der Waals surface area contributed by atoms with Gasteiger partial charge in [0.05, 0.1) is 21.8 Å². The highest BCUT2D eigenvalue weighted by atomic mass is 79.9. The number of hydrogen-bond donors (Lipinski definition) is 2. The number of anilines is 2. The van der Waals surface area contributed by atoms with Gasteiger partial charge in [0, 0.05) is 4.47 Å². The van der Waals surface area contributed by atoms with Gasteiger partial charge in [-0.1, -0.05) is 30.3 Å². The molecule has 0 atom stereocenters. The van der Waals surface area contributed by atoms with Crippen LogP contribution in [0, 0.1) is 0 Å². The molecule has 4 nitrogen and oxygen atoms in total. The summed E-state index contributed by atoms with van der Waals surface area (Å²) >= 11 is 4.75. The Morgan fingerprint density at radius 2 is 1.46 bits per heavy atom. The van der Waals surface area contributed by atoms with Crippen LogP contribution >= 0.6 is 27.3 Å². The standard InChI is InChI=1S/C18H13BrN2O2S/c19-13-7-2-4-9-15(13)21-17(22)12-6-1-3-8-14(12)20-18(23)16-10-5-11-24-16/h1-11H,(H,20,23)(H,21,22). The molecule has 2 amide bonds. The number of thiophene rings is 1. The number of amides is 2. The van der Waals surface area contributed by atoms with E-state index in [9.17, 15) is 9.59 Å². The lowest BCUT2D eigenvalue weighted by Gasteiger charge is -2.12. The molecule has 0 radical (unpaired) electrons. The molecule has 24 heavy (non-hydrogen) atoms. The molecule has 0 saturated carbocycles. The number of benzene rings is 2. The van der Waals surface area contributed by atoms with Crippen LogP contribution < -0.4 is 10.6 Å². The van der Waals surface area contributed by atoms with Crippen molar-refractivity contribution in [2.45, 2.75) is 0 Å². The van der Waals surface area contributed by atoms with Gasteiger partial charge in [-0.25, -0.2) is 0 Å². The van der Waals surface area contributed by atoms with Crippen LogP contribution in [0.3, 0.4) is 0 Å². The van der Waals surface area contributed by atoms with Crippen molar-refractivity contribution >= 4 is 50.5 Å². The summed E-state index contributed by atoms with van der Waals surface area (Å²) in [6.07, 6.45) is 0. The lowest BCUT2D eigenvalue weighted by atomic mass is 10.1. The Hall–Kier alpha value is -2.44. The van der Waals surface area contributed by atoms with Crippen molar-refractivity contribution in [2.24, 2.45) is 0 Å². The van der Waals surface area contributed by atoms with Crippen molar-refractivity contribution in [2.75, 3.05) is 10.6 Å². The number of nitrogens with one attached hydrogen (secondary N) is 2. The molecule has 0 saturated heterocycles. The molecular weight excluding hydrogens is 388 g/mol. The van der Waals surface area contributed by atoms with Gasteiger partial charge in [-0.2, -0.15) is 0 Å². The SMILES string of the molecule is O=C(Nc1ccccc1C(=O)Nc1ccccc1Br)c1cccs1. The molecule has 2 aromatic carbocycles. The van der Waals surface area contributed by atoms with E-state index in [1.807, 2.05) is 29.6 Å². The normalized spacial score (nSPS) is 10.2. The summed E-state index contributed by atoms with van der Waals surface area (Å²) in [6, 6.07) is 17.8. The summed E-state index contributed by atoms with van der Waals surface area (Å²) < 4.78 is 0.790. The Kier molecular flexibility index (Phi) is 5.08. The fourth-order valence-corrected chi connectivity index (χ4v) is 3.14. The van der Waals surface area contributed by atoms with Crippen LogP contribution in [-0.2, 0) is 0 Å². The summed E-state index contributed by atoms with van der Waals surface area (Å²) in [6.45, 7) is 0. The first-order valence-electron chi connectivity index (χ1n) is 7.15. The Morgan fingerprint density at radius 1 is 0.792 bits per heavy atom. The van der Waals surface area contributed by atoms with Gasteiger partial charge in [-0.15, -0.1) is 11.3 Å². The fraction of sp³-hybridized carbons (Fsp3) is 0. The van der Waals surface area contributed by atoms with E-state index < -0.39 is 0 Å². The highest BCUT2D eigenvalue weighted by Crippen LogP contribution is 2.24. The molecule has 0 spiro atoms. The highest BCUT2D eigenvalue weighted by Gasteiger charge is 2.15. The third-order valence-corrected chi connectivity index (χ3v) is 4.85. The van der Waals surface area contributed by atoms with Crippen LogP contribution in [0.25, 0.3) is 0 Å². The topological polar surface area (TPSA) is 58.2 Å². The molecular formula is C18H13BrN2O2S. The molecule has 1 aromatic heterocycles. The van der Waals surface area contributed by atoms with Crippen LogP contribution in [0.1, 0.15) is 20.0 Å². The zero-order valence-electron chi connectivity index (χ0n) is 12.5. The maximum atomic E-state index is 12.6. The van der Waals surface area contributed by atoms with E-state index >= 15 is 0 Å². The third-order valence-electron chi connectivity index (χ3n) is 3.29. The van der Waals surface area contributed by atoms with Gasteiger partial charge < -0.3 is 10.6 Å². The molecule has 0 bridgehead atoms. The van der Waals surface area contributed by atoms with Crippen molar-refractivity contribution in [3.8, 4) is 0 Å². The van der Waals surface area contributed by atoms with Gasteiger partial charge in [0.1, 0.15) is 0 Å². The number of halogens is 1. The van der Waals surface area contributed by atoms with E-state index in [1.165, 1.54) is 11.3 Å². The number of hydrogen-bond acceptors (Lipinski definition) is 3. The van der Waals surface area contributed by atoms with Gasteiger partial charge in [0.2, 0.25) is 0 Å². The minimum absolute atomic E-state index is 0.230. The van der Waals surface area contributed by atoms with Gasteiger partial charge in [0.15, 0.2) is 0 Å². The summed E-state index contributed by atoms with van der Waals surface area (Å²) in [4.78, 5) is 25.4. The first-order valence-corrected chi connectivity index (χ1v) is 8.82. The van der Waals surface area contributed by atoms with Crippen LogP contribution in [0.4, 0.5) is 11.4 Å². The third kappa shape index (κ3) is 3.72. The second-order valence-corrected chi connectivity index (χ2v) is 6.71. The Labute approximate surface area is 151 Å². The maximum Gasteiger partial charge on any atom is 0.265 e. The number of rotatable bonds is 4. The van der Waals surface area contributed by atoms with Crippen molar-refractivity contribution in [1.29, 1.82) is 0 Å². The molecule has 2 N–H and O–H groups in total. The predicted octanol–water partition coefficient (Wildman–Crippen LogP) is 5.02. The molecule has 6 heteroatoms. The summed E-state index contributed by atoms with van der Waals surface area (Å²) in [5.74, 6) is -0.518. The van der Waals surface area contributed by atoms with E-state index in [-0.39, 0.29) is 11.8 Å². The molecule has 0 aliphatic rings. The molecule has 0 aliphatic carbocycles. The highest BCUT2D eigenvalue weighted by molar-refractivity contribution is 9.10. The van der Waals surface area contributed by atoms with Crippen molar-refractivity contribution in [3.63, 3.8) is 0 Å². The summed E-state index contributed by atoms with van der Waals surface area (Å²) in [7, 11) is 0. The Balaban J connectivity index is 1.82. The smallest absolute Gasteiger partial charge is 0.265 e. The quantitative estimate of drug-likeness (QED) is 0.645. The largest absolute Gasteiger partial charge is 0.321 e. The molecule has 0 fully saturated rings. The van der Waals surface area contributed by atoms with E-state index in [0.717, 1.165) is 4.47 Å². The first kappa shape index (κ1) is 16.4. The van der Waals surface area contributed by atoms with E-state index in [1.54, 1.807) is 36.4 Å². The maximum absolute atomic E-state index is 12.6. The molecule has 120 valence electrons. The average molecular weight is 401 g/mol. The minimum Gasteiger partial charge on any atom is -0.321 e. The molecule has 0 aliphatic heterocycles. The predicted molar refractivity (Wildman–Crippen MR) is 101 cm³/mol. The monoisotopic (exact) mass is 400 g/mol. The Bertz CT molecular complexity index is 878. The average Bonchev–Trinajstić information content (AvgIpc) is 3.12. The second-order valence-electron chi connectivity index (χ2n) is 4.91. The summed E-state index contributed by atoms with van der Waals surface area (Å²) in [5, 5.41) is 7.47. The Morgan fingerprint density at radius 3 is 2.17 bits per heavy atom. The van der Waals surface area contributed by atoms with Gasteiger partial charge >= 0.3 is 0 Å². The van der Waals surface area contributed by atoms with Crippen LogP contribution in [0.15, 0.2) is 70.5 Å². The first-order chi connectivity index (χ1) is 11.6. The lowest BCUT2D eigenvalue weighted by molar-refractivity contribution is 0.102. The number of carbonyl (C=O) groups is 2. The minimum atomic E-state index is -0.288. The van der Waals surface area contributed by atoms with Crippen molar-refractivity contribution < 1.29 is 9.59 Å². The fourth-order valence-electron chi connectivity index (χ4n) is 2.13. The van der Waals surface area contributed by atoms with E-state index in [4.69, 9.17) is 0 Å². The molecule has 3 rings (SSSR count).